The Morgan fingerprint density at radius 2 is 2.14 bits per heavy atom. The Balaban J connectivity index is 2.38. The van der Waals surface area contributed by atoms with Crippen molar-refractivity contribution in [1.82, 2.24) is 4.98 Å². The van der Waals surface area contributed by atoms with Crippen LogP contribution in [0.5, 0.6) is 0 Å². The highest BCUT2D eigenvalue weighted by molar-refractivity contribution is 6.07. The Kier molecular flexibility index (Phi) is 3.88. The van der Waals surface area contributed by atoms with Crippen LogP contribution < -0.4 is 5.32 Å². The molecule has 0 bridgehead atoms. The molecule has 0 aliphatic rings. The Morgan fingerprint density at radius 1 is 1.43 bits per heavy atom. The van der Waals surface area contributed by atoms with Gasteiger partial charge in [0.1, 0.15) is 5.60 Å². The van der Waals surface area contributed by atoms with E-state index in [1.54, 1.807) is 12.3 Å². The summed E-state index contributed by atoms with van der Waals surface area (Å²) in [6, 6.07) is 3.69. The van der Waals surface area contributed by atoms with Crippen LogP contribution in [-0.4, -0.2) is 28.1 Å². The Morgan fingerprint density at radius 3 is 2.76 bits per heavy atom. The van der Waals surface area contributed by atoms with Crippen LogP contribution in [0.3, 0.4) is 0 Å². The van der Waals surface area contributed by atoms with E-state index >= 15 is 0 Å². The highest BCUT2D eigenvalue weighted by Gasteiger charge is 2.18. The minimum atomic E-state index is -0.557. The van der Waals surface area contributed by atoms with Gasteiger partial charge in [-0.1, -0.05) is 11.2 Å². The Labute approximate surface area is 122 Å². The van der Waals surface area contributed by atoms with Crippen molar-refractivity contribution in [2.45, 2.75) is 33.3 Å². The molecule has 6 heteroatoms. The first kappa shape index (κ1) is 14.9. The van der Waals surface area contributed by atoms with E-state index in [1.165, 1.54) is 6.21 Å². The first-order valence-electron chi connectivity index (χ1n) is 6.60. The smallest absolute Gasteiger partial charge is 0.412 e. The molecule has 0 atom stereocenters. The van der Waals surface area contributed by atoms with E-state index in [4.69, 9.17) is 9.94 Å². The van der Waals surface area contributed by atoms with Crippen LogP contribution in [0.25, 0.3) is 10.9 Å². The fourth-order valence-electron chi connectivity index (χ4n) is 2.13. The molecule has 0 aliphatic heterocycles. The van der Waals surface area contributed by atoms with E-state index < -0.39 is 11.7 Å². The van der Waals surface area contributed by atoms with Crippen molar-refractivity contribution in [3.63, 3.8) is 0 Å². The number of benzene rings is 1. The van der Waals surface area contributed by atoms with Gasteiger partial charge in [-0.05, 0) is 39.3 Å². The molecule has 0 unspecified atom stereocenters. The summed E-state index contributed by atoms with van der Waals surface area (Å²) >= 11 is 0. The molecule has 1 heterocycles. The highest BCUT2D eigenvalue weighted by Crippen LogP contribution is 2.28. The molecular weight excluding hydrogens is 270 g/mol. The summed E-state index contributed by atoms with van der Waals surface area (Å²) in [5.74, 6) is 0. The van der Waals surface area contributed by atoms with Crippen molar-refractivity contribution < 1.29 is 14.7 Å². The van der Waals surface area contributed by atoms with Gasteiger partial charge in [0.2, 0.25) is 0 Å². The van der Waals surface area contributed by atoms with Crippen molar-refractivity contribution in [3.05, 3.63) is 29.5 Å². The fourth-order valence-corrected chi connectivity index (χ4v) is 2.13. The predicted octanol–water partition coefficient (Wildman–Crippen LogP) is 3.63. The van der Waals surface area contributed by atoms with Crippen LogP contribution in [0.1, 0.15) is 31.9 Å². The zero-order valence-corrected chi connectivity index (χ0v) is 12.5. The number of ether oxygens (including phenoxy) is 1. The van der Waals surface area contributed by atoms with Crippen molar-refractivity contribution in [1.29, 1.82) is 0 Å². The topological polar surface area (TPSA) is 86.7 Å². The third kappa shape index (κ3) is 3.34. The van der Waals surface area contributed by atoms with E-state index in [1.807, 2.05) is 33.8 Å². The standard InChI is InChI=1S/C15H19N3O3/c1-9-5-6-11(18-14(19)21-15(2,3)4)13-12(9)10(7-16-13)8-17-20/h5-8,16,20H,1-4H3,(H,18,19)/b17-8-. The van der Waals surface area contributed by atoms with Crippen molar-refractivity contribution >= 4 is 28.9 Å². The number of nitrogens with zero attached hydrogens (tertiary/aromatic N) is 1. The van der Waals surface area contributed by atoms with E-state index in [2.05, 4.69) is 15.5 Å². The molecule has 112 valence electrons. The number of H-pyrrole nitrogens is 1. The molecule has 6 nitrogen and oxygen atoms in total. The number of amides is 1. The van der Waals surface area contributed by atoms with Gasteiger partial charge in [0, 0.05) is 17.1 Å². The molecule has 0 radical (unpaired) electrons. The summed E-state index contributed by atoms with van der Waals surface area (Å²) < 4.78 is 5.24. The zero-order chi connectivity index (χ0) is 15.6. The number of rotatable bonds is 2. The molecular formula is C15H19N3O3. The maximum atomic E-state index is 11.9. The Bertz CT molecular complexity index is 696. The van der Waals surface area contributed by atoms with Crippen LogP contribution in [0, 0.1) is 6.92 Å². The molecule has 1 aromatic heterocycles. The van der Waals surface area contributed by atoms with Crippen molar-refractivity contribution in [2.24, 2.45) is 5.16 Å². The van der Waals surface area contributed by atoms with Crippen LogP contribution in [-0.2, 0) is 4.74 Å². The average molecular weight is 289 g/mol. The molecule has 0 fully saturated rings. The summed E-state index contributed by atoms with van der Waals surface area (Å²) in [5, 5.41) is 15.4. The molecule has 1 amide bonds. The monoisotopic (exact) mass is 289 g/mol. The lowest BCUT2D eigenvalue weighted by Gasteiger charge is -2.20. The number of fused-ring (bicyclic) bond motifs is 1. The number of hydrogen-bond acceptors (Lipinski definition) is 4. The number of nitrogens with one attached hydrogen (secondary N) is 2. The molecule has 2 rings (SSSR count). The molecule has 21 heavy (non-hydrogen) atoms. The third-order valence-electron chi connectivity index (χ3n) is 2.91. The van der Waals surface area contributed by atoms with E-state index in [9.17, 15) is 4.79 Å². The molecule has 0 saturated heterocycles. The van der Waals surface area contributed by atoms with Gasteiger partial charge in [-0.15, -0.1) is 0 Å². The van der Waals surface area contributed by atoms with Gasteiger partial charge in [0.25, 0.3) is 0 Å². The summed E-state index contributed by atoms with van der Waals surface area (Å²) in [6.07, 6.45) is 2.56. The van der Waals surface area contributed by atoms with Crippen molar-refractivity contribution in [2.75, 3.05) is 5.32 Å². The number of carbonyl (C=O) groups excluding carboxylic acids is 1. The number of aromatic nitrogens is 1. The minimum Gasteiger partial charge on any atom is -0.444 e. The van der Waals surface area contributed by atoms with E-state index in [0.717, 1.165) is 22.0 Å². The van der Waals surface area contributed by atoms with Gasteiger partial charge in [-0.25, -0.2) is 4.79 Å². The predicted molar refractivity (Wildman–Crippen MR) is 82.3 cm³/mol. The summed E-state index contributed by atoms with van der Waals surface area (Å²) in [6.45, 7) is 7.37. The molecule has 0 aliphatic carbocycles. The maximum absolute atomic E-state index is 11.9. The first-order valence-corrected chi connectivity index (χ1v) is 6.60. The van der Waals surface area contributed by atoms with Gasteiger partial charge >= 0.3 is 6.09 Å². The molecule has 0 spiro atoms. The molecule has 1 aromatic carbocycles. The number of carbonyl (C=O) groups is 1. The van der Waals surface area contributed by atoms with Gasteiger partial charge in [-0.3, -0.25) is 5.32 Å². The van der Waals surface area contributed by atoms with Crippen LogP contribution >= 0.6 is 0 Å². The van der Waals surface area contributed by atoms with Gasteiger partial charge in [-0.2, -0.15) is 0 Å². The van der Waals surface area contributed by atoms with Gasteiger partial charge in [0.05, 0.1) is 17.4 Å². The molecule has 0 saturated carbocycles. The molecule has 2 aromatic rings. The fraction of sp³-hybridized carbons (Fsp3) is 0.333. The Hall–Kier alpha value is -2.50. The second kappa shape index (κ2) is 5.47. The quantitative estimate of drug-likeness (QED) is 0.448. The lowest BCUT2D eigenvalue weighted by Crippen LogP contribution is -2.27. The number of anilines is 1. The maximum Gasteiger partial charge on any atom is 0.412 e. The number of aryl methyl sites for hydroxylation is 1. The number of oxime groups is 1. The van der Waals surface area contributed by atoms with Crippen LogP contribution in [0.2, 0.25) is 0 Å². The van der Waals surface area contributed by atoms with E-state index in [0.29, 0.717) is 5.69 Å². The van der Waals surface area contributed by atoms with Gasteiger partial charge in [0.15, 0.2) is 0 Å². The summed E-state index contributed by atoms with van der Waals surface area (Å²) in [7, 11) is 0. The summed E-state index contributed by atoms with van der Waals surface area (Å²) in [5.41, 5.74) is 2.57. The lowest BCUT2D eigenvalue weighted by molar-refractivity contribution is 0.0636. The van der Waals surface area contributed by atoms with E-state index in [-0.39, 0.29) is 0 Å². The third-order valence-corrected chi connectivity index (χ3v) is 2.91. The normalized spacial score (nSPS) is 12.0. The zero-order valence-electron chi connectivity index (χ0n) is 12.5. The van der Waals surface area contributed by atoms with Crippen LogP contribution in [0.4, 0.5) is 10.5 Å². The SMILES string of the molecule is Cc1ccc(NC(=O)OC(C)(C)C)c2[nH]cc(/C=N\O)c12. The second-order valence-corrected chi connectivity index (χ2v) is 5.80. The van der Waals surface area contributed by atoms with Crippen LogP contribution in [0.15, 0.2) is 23.5 Å². The number of aromatic amines is 1. The summed E-state index contributed by atoms with van der Waals surface area (Å²) in [4.78, 5) is 15.0. The largest absolute Gasteiger partial charge is 0.444 e. The van der Waals surface area contributed by atoms with Crippen molar-refractivity contribution in [3.8, 4) is 0 Å². The molecule has 3 N–H and O–H groups in total. The first-order chi connectivity index (χ1) is 9.81. The average Bonchev–Trinajstić information content (AvgIpc) is 2.76. The minimum absolute atomic E-state index is 0.514. The highest BCUT2D eigenvalue weighted by atomic mass is 16.6. The number of hydrogen-bond donors (Lipinski definition) is 3. The second-order valence-electron chi connectivity index (χ2n) is 5.80. The van der Waals surface area contributed by atoms with Gasteiger partial charge < -0.3 is 14.9 Å². The lowest BCUT2D eigenvalue weighted by atomic mass is 10.1.